The van der Waals surface area contributed by atoms with Crippen LogP contribution < -0.4 is 0 Å². The molecule has 0 N–H and O–H groups in total. The second-order valence-corrected chi connectivity index (χ2v) is 10.6. The van der Waals surface area contributed by atoms with Gasteiger partial charge in [0.25, 0.3) is 0 Å². The largest absolute Gasteiger partial charge is 0.300 e. The zero-order valence-electron chi connectivity index (χ0n) is 23.2. The van der Waals surface area contributed by atoms with Gasteiger partial charge in [-0.05, 0) is 39.0 Å². The monoisotopic (exact) mass is 462 g/mol. The van der Waals surface area contributed by atoms with E-state index in [2.05, 4.69) is 19.1 Å². The molecule has 0 aromatic heterocycles. The van der Waals surface area contributed by atoms with Crippen molar-refractivity contribution in [3.8, 4) is 0 Å². The van der Waals surface area contributed by atoms with Gasteiger partial charge in [0.05, 0.1) is 0 Å². The number of unbranched alkanes of at least 4 members (excludes halogenated alkanes) is 24. The first-order chi connectivity index (χ1) is 16.3. The van der Waals surface area contributed by atoms with Crippen LogP contribution in [-0.2, 0) is 4.79 Å². The van der Waals surface area contributed by atoms with Crippen LogP contribution >= 0.6 is 0 Å². The number of carbonyl (C=O) groups is 1. The minimum Gasteiger partial charge on any atom is -0.300 e. The second kappa shape index (κ2) is 29.4. The Morgan fingerprint density at radius 3 is 1.00 bits per heavy atom. The van der Waals surface area contributed by atoms with Gasteiger partial charge in [-0.25, -0.2) is 0 Å². The fourth-order valence-corrected chi connectivity index (χ4v) is 4.74. The van der Waals surface area contributed by atoms with E-state index in [1.165, 1.54) is 161 Å². The van der Waals surface area contributed by atoms with Crippen LogP contribution in [0, 0.1) is 0 Å². The van der Waals surface area contributed by atoms with Gasteiger partial charge in [0.2, 0.25) is 0 Å². The summed E-state index contributed by atoms with van der Waals surface area (Å²) in [6.07, 6.45) is 41.9. The van der Waals surface area contributed by atoms with Gasteiger partial charge in [0.15, 0.2) is 0 Å². The smallest absolute Gasteiger partial charge is 0.129 e. The Hall–Kier alpha value is -0.590. The van der Waals surface area contributed by atoms with Crippen molar-refractivity contribution in [1.29, 1.82) is 0 Å². The second-order valence-electron chi connectivity index (χ2n) is 10.6. The lowest BCUT2D eigenvalue weighted by molar-refractivity contribution is -0.117. The number of rotatable bonds is 28. The predicted molar refractivity (Wildman–Crippen MR) is 150 cm³/mol. The van der Waals surface area contributed by atoms with Gasteiger partial charge in [0, 0.05) is 6.42 Å². The molecule has 0 radical (unpaired) electrons. The molecule has 0 aliphatic carbocycles. The van der Waals surface area contributed by atoms with Crippen LogP contribution in [0.2, 0.25) is 0 Å². The van der Waals surface area contributed by atoms with Crippen molar-refractivity contribution in [2.24, 2.45) is 0 Å². The Bertz CT molecular complexity index is 397. The highest BCUT2D eigenvalue weighted by molar-refractivity contribution is 5.75. The van der Waals surface area contributed by atoms with E-state index in [1.807, 2.05) is 0 Å². The van der Waals surface area contributed by atoms with Crippen molar-refractivity contribution in [2.45, 2.75) is 187 Å². The topological polar surface area (TPSA) is 17.1 Å². The highest BCUT2D eigenvalue weighted by Crippen LogP contribution is 2.15. The minimum atomic E-state index is 0.350. The number of hydrogen-bond donors (Lipinski definition) is 0. The molecule has 0 unspecified atom stereocenters. The Labute approximate surface area is 210 Å². The van der Waals surface area contributed by atoms with Crippen LogP contribution in [0.3, 0.4) is 0 Å². The quantitative estimate of drug-likeness (QED) is 0.0834. The molecule has 0 saturated carbocycles. The number of carbonyl (C=O) groups excluding carboxylic acids is 1. The third-order valence-corrected chi connectivity index (χ3v) is 7.04. The molecule has 0 spiro atoms. The summed E-state index contributed by atoms with van der Waals surface area (Å²) < 4.78 is 0. The molecule has 0 bridgehead atoms. The molecule has 0 heterocycles. The molecule has 0 aromatic rings. The van der Waals surface area contributed by atoms with Gasteiger partial charge >= 0.3 is 0 Å². The van der Waals surface area contributed by atoms with Gasteiger partial charge in [0.1, 0.15) is 5.78 Å². The molecular weight excluding hydrogens is 400 g/mol. The lowest BCUT2D eigenvalue weighted by atomic mass is 10.0. The lowest BCUT2D eigenvalue weighted by Crippen LogP contribution is -1.89. The fourth-order valence-electron chi connectivity index (χ4n) is 4.74. The van der Waals surface area contributed by atoms with Crippen LogP contribution in [0.25, 0.3) is 0 Å². The Kier molecular flexibility index (Phi) is 28.9. The molecule has 0 atom stereocenters. The molecule has 0 saturated heterocycles. The minimum absolute atomic E-state index is 0.350. The molecule has 0 fully saturated rings. The molecule has 33 heavy (non-hydrogen) atoms. The molecule has 0 rings (SSSR count). The predicted octanol–water partition coefficient (Wildman–Crippen LogP) is 11.7. The fraction of sp³-hybridized carbons (Fsp3) is 0.906. The molecule has 1 heteroatoms. The maximum absolute atomic E-state index is 10.9. The van der Waals surface area contributed by atoms with Crippen molar-refractivity contribution in [3.05, 3.63) is 12.2 Å². The first kappa shape index (κ1) is 32.4. The van der Waals surface area contributed by atoms with Crippen molar-refractivity contribution < 1.29 is 4.79 Å². The molecule has 0 aliphatic rings. The molecule has 0 amide bonds. The van der Waals surface area contributed by atoms with E-state index in [1.54, 1.807) is 6.92 Å². The van der Waals surface area contributed by atoms with E-state index in [9.17, 15) is 4.79 Å². The molecule has 0 aromatic carbocycles. The number of allylic oxidation sites excluding steroid dienone is 2. The summed E-state index contributed by atoms with van der Waals surface area (Å²) in [6.45, 7) is 4.00. The Morgan fingerprint density at radius 1 is 0.424 bits per heavy atom. The van der Waals surface area contributed by atoms with Gasteiger partial charge in [-0.2, -0.15) is 0 Å². The van der Waals surface area contributed by atoms with Gasteiger partial charge < -0.3 is 4.79 Å². The average molecular weight is 463 g/mol. The zero-order valence-corrected chi connectivity index (χ0v) is 23.2. The highest BCUT2D eigenvalue weighted by atomic mass is 16.1. The van der Waals surface area contributed by atoms with E-state index < -0.39 is 0 Å². The third-order valence-electron chi connectivity index (χ3n) is 7.04. The maximum Gasteiger partial charge on any atom is 0.129 e. The van der Waals surface area contributed by atoms with Gasteiger partial charge in [-0.3, -0.25) is 0 Å². The van der Waals surface area contributed by atoms with Crippen LogP contribution in [-0.4, -0.2) is 5.78 Å². The van der Waals surface area contributed by atoms with E-state index in [0.29, 0.717) is 5.78 Å². The Morgan fingerprint density at radius 2 is 0.697 bits per heavy atom. The maximum atomic E-state index is 10.9. The zero-order chi connectivity index (χ0) is 24.1. The van der Waals surface area contributed by atoms with E-state index >= 15 is 0 Å². The summed E-state index contributed by atoms with van der Waals surface area (Å²) in [6, 6.07) is 0. The van der Waals surface area contributed by atoms with Crippen LogP contribution in [0.4, 0.5) is 0 Å². The summed E-state index contributed by atoms with van der Waals surface area (Å²) in [7, 11) is 0. The van der Waals surface area contributed by atoms with Crippen LogP contribution in [0.5, 0.6) is 0 Å². The summed E-state index contributed by atoms with van der Waals surface area (Å²) in [5, 5.41) is 0. The first-order valence-corrected chi connectivity index (χ1v) is 15.4. The number of ketones is 1. The van der Waals surface area contributed by atoms with Crippen molar-refractivity contribution >= 4 is 5.78 Å². The van der Waals surface area contributed by atoms with E-state index in [4.69, 9.17) is 0 Å². The van der Waals surface area contributed by atoms with E-state index in [-0.39, 0.29) is 0 Å². The highest BCUT2D eigenvalue weighted by Gasteiger charge is 1.96. The normalized spacial score (nSPS) is 11.6. The summed E-state index contributed by atoms with van der Waals surface area (Å²) >= 11 is 0. The number of hydrogen-bond acceptors (Lipinski definition) is 1. The van der Waals surface area contributed by atoms with Crippen molar-refractivity contribution in [3.63, 3.8) is 0 Å². The molecule has 196 valence electrons. The SMILES string of the molecule is CCCCCCCC/C=C/CCCCCCCCCCCCCCCCCCCCC(C)=O. The Balaban J connectivity index is 3.06. The van der Waals surface area contributed by atoms with Gasteiger partial charge in [-0.15, -0.1) is 0 Å². The third kappa shape index (κ3) is 31.4. The van der Waals surface area contributed by atoms with Gasteiger partial charge in [-0.1, -0.05) is 154 Å². The summed E-state index contributed by atoms with van der Waals surface area (Å²) in [5.41, 5.74) is 0. The molecular formula is C32H62O. The van der Waals surface area contributed by atoms with Crippen molar-refractivity contribution in [2.75, 3.05) is 0 Å². The lowest BCUT2D eigenvalue weighted by Gasteiger charge is -2.04. The molecule has 0 aliphatic heterocycles. The van der Waals surface area contributed by atoms with Crippen molar-refractivity contribution in [1.82, 2.24) is 0 Å². The summed E-state index contributed by atoms with van der Waals surface area (Å²) in [5.74, 6) is 0.350. The van der Waals surface area contributed by atoms with E-state index in [0.717, 1.165) is 12.8 Å². The van der Waals surface area contributed by atoms with Crippen LogP contribution in [0.1, 0.15) is 187 Å². The standard InChI is InChI=1S/C32H62O/c1-3-4-5-6-7-8-9-10-11-12-13-14-15-16-17-18-19-20-21-22-23-24-25-26-27-28-29-30-31-32(2)33/h10-11H,3-9,12-31H2,1-2H3/b11-10+. The number of Topliss-reactive ketones (excluding diaryl/α,β-unsaturated/α-hetero) is 1. The molecule has 1 nitrogen and oxygen atoms in total. The van der Waals surface area contributed by atoms with Crippen LogP contribution in [0.15, 0.2) is 12.2 Å². The summed E-state index contributed by atoms with van der Waals surface area (Å²) in [4.78, 5) is 10.9. The first-order valence-electron chi connectivity index (χ1n) is 15.4. The average Bonchev–Trinajstić information content (AvgIpc) is 2.80.